The van der Waals surface area contributed by atoms with Crippen LogP contribution in [0.4, 0.5) is 14.6 Å². The first-order valence-corrected chi connectivity index (χ1v) is 12.6. The van der Waals surface area contributed by atoms with Crippen LogP contribution in [0.25, 0.3) is 5.57 Å². The molecule has 2 aliphatic rings. The highest BCUT2D eigenvalue weighted by Crippen LogP contribution is 2.40. The molecule has 3 aromatic rings. The number of halogens is 2. The third-order valence-corrected chi connectivity index (χ3v) is 7.29. The minimum absolute atomic E-state index is 0.0541. The van der Waals surface area contributed by atoms with Crippen LogP contribution in [0.5, 0.6) is 11.5 Å². The lowest BCUT2D eigenvalue weighted by Gasteiger charge is -2.34. The first-order valence-electron chi connectivity index (χ1n) is 12.6. The van der Waals surface area contributed by atoms with E-state index in [9.17, 15) is 18.4 Å². The Hall–Kier alpha value is -4.27. The van der Waals surface area contributed by atoms with Crippen LogP contribution in [0.2, 0.25) is 0 Å². The quantitative estimate of drug-likeness (QED) is 0.465. The number of para-hydroxylation sites is 1. The number of likely N-dealkylation sites (tertiary alicyclic amines) is 1. The van der Waals surface area contributed by atoms with Gasteiger partial charge in [-0.05, 0) is 67.2 Å². The van der Waals surface area contributed by atoms with E-state index in [0.717, 1.165) is 36.1 Å². The minimum Gasteiger partial charge on any atom is -0.451 e. The number of ether oxygens (including phenoxy) is 1. The molecule has 2 aromatic carbocycles. The second kappa shape index (κ2) is 10.6. The number of aromatic nitrogens is 2. The van der Waals surface area contributed by atoms with Gasteiger partial charge in [-0.15, -0.1) is 0 Å². The summed E-state index contributed by atoms with van der Waals surface area (Å²) in [6.45, 7) is 4.73. The van der Waals surface area contributed by atoms with E-state index in [1.807, 2.05) is 12.1 Å². The molecule has 38 heavy (non-hydrogen) atoms. The van der Waals surface area contributed by atoms with E-state index in [1.54, 1.807) is 17.0 Å². The van der Waals surface area contributed by atoms with E-state index in [1.165, 1.54) is 12.1 Å². The summed E-state index contributed by atoms with van der Waals surface area (Å²) in [5.41, 5.74) is 8.96. The number of nitrogens with zero attached hydrogens (tertiary/aromatic N) is 2. The van der Waals surface area contributed by atoms with Crippen molar-refractivity contribution in [3.8, 4) is 11.5 Å². The predicted octanol–water partition coefficient (Wildman–Crippen LogP) is 4.96. The SMILES string of the molecule is C=CC(=O)N1CCC[C@H](C2=CC(c3ccc(Oc4c(F)cccc4F)cc3)CCc3c(N)n[nH]c(=O)c32)C1. The first-order chi connectivity index (χ1) is 18.4. The average Bonchev–Trinajstić information content (AvgIpc) is 3.14. The zero-order chi connectivity index (χ0) is 26.8. The molecule has 2 atom stereocenters. The average molecular weight is 519 g/mol. The molecular weight excluding hydrogens is 490 g/mol. The maximum absolute atomic E-state index is 14.0. The number of allylic oxidation sites excluding steroid dienone is 1. The van der Waals surface area contributed by atoms with Crippen molar-refractivity contribution in [1.29, 1.82) is 0 Å². The fraction of sp³-hybridized carbons (Fsp3) is 0.276. The van der Waals surface area contributed by atoms with E-state index in [2.05, 4.69) is 22.9 Å². The Bertz CT molecular complexity index is 1450. The minimum atomic E-state index is -0.781. The summed E-state index contributed by atoms with van der Waals surface area (Å²) in [6, 6.07) is 10.6. The molecule has 2 heterocycles. The fourth-order valence-electron chi connectivity index (χ4n) is 5.39. The Morgan fingerprint density at radius 1 is 1.16 bits per heavy atom. The van der Waals surface area contributed by atoms with Crippen LogP contribution in [0.1, 0.15) is 41.9 Å². The van der Waals surface area contributed by atoms with Crippen molar-refractivity contribution >= 4 is 17.3 Å². The van der Waals surface area contributed by atoms with Gasteiger partial charge in [0.05, 0.1) is 5.56 Å². The number of H-pyrrole nitrogens is 1. The van der Waals surface area contributed by atoms with Crippen molar-refractivity contribution in [2.24, 2.45) is 5.92 Å². The highest BCUT2D eigenvalue weighted by atomic mass is 19.1. The van der Waals surface area contributed by atoms with Crippen LogP contribution in [0.3, 0.4) is 0 Å². The number of nitrogens with two attached hydrogens (primary N) is 1. The first kappa shape index (κ1) is 25.4. The van der Waals surface area contributed by atoms with Gasteiger partial charge in [0.1, 0.15) is 11.6 Å². The van der Waals surface area contributed by atoms with Crippen LogP contribution in [-0.2, 0) is 11.2 Å². The summed E-state index contributed by atoms with van der Waals surface area (Å²) in [7, 11) is 0. The van der Waals surface area contributed by atoms with Crippen molar-refractivity contribution in [3.05, 3.63) is 99.9 Å². The maximum atomic E-state index is 14.0. The molecule has 0 bridgehead atoms. The van der Waals surface area contributed by atoms with E-state index in [0.29, 0.717) is 42.8 Å². The summed E-state index contributed by atoms with van der Waals surface area (Å²) >= 11 is 0. The molecule has 1 saturated heterocycles. The number of fused-ring (bicyclic) bond motifs is 1. The van der Waals surface area contributed by atoms with Gasteiger partial charge in [-0.1, -0.05) is 30.9 Å². The zero-order valence-corrected chi connectivity index (χ0v) is 20.8. The molecule has 5 rings (SSSR count). The lowest BCUT2D eigenvalue weighted by Crippen LogP contribution is -2.40. The fourth-order valence-corrected chi connectivity index (χ4v) is 5.39. The molecule has 9 heteroatoms. The highest BCUT2D eigenvalue weighted by Gasteiger charge is 2.31. The van der Waals surface area contributed by atoms with E-state index in [-0.39, 0.29) is 29.1 Å². The molecule has 3 N–H and O–H groups in total. The number of aromatic amines is 1. The number of carbonyl (C=O) groups is 1. The maximum Gasteiger partial charge on any atom is 0.272 e. The summed E-state index contributed by atoms with van der Waals surface area (Å²) < 4.78 is 33.5. The molecule has 0 spiro atoms. The predicted molar refractivity (Wildman–Crippen MR) is 141 cm³/mol. The Morgan fingerprint density at radius 3 is 2.61 bits per heavy atom. The second-order valence-electron chi connectivity index (χ2n) is 9.61. The molecule has 1 fully saturated rings. The van der Waals surface area contributed by atoms with Gasteiger partial charge in [0.15, 0.2) is 17.4 Å². The molecule has 1 aliphatic heterocycles. The van der Waals surface area contributed by atoms with Gasteiger partial charge < -0.3 is 15.4 Å². The van der Waals surface area contributed by atoms with Gasteiger partial charge in [-0.2, -0.15) is 5.10 Å². The van der Waals surface area contributed by atoms with Gasteiger partial charge in [-0.3, -0.25) is 9.59 Å². The normalized spacial score (nSPS) is 19.2. The van der Waals surface area contributed by atoms with Gasteiger partial charge >= 0.3 is 0 Å². The van der Waals surface area contributed by atoms with Crippen LogP contribution < -0.4 is 16.0 Å². The van der Waals surface area contributed by atoms with Crippen LogP contribution in [0.15, 0.2) is 66.0 Å². The van der Waals surface area contributed by atoms with Gasteiger partial charge in [-0.25, -0.2) is 13.9 Å². The Morgan fingerprint density at radius 2 is 1.89 bits per heavy atom. The number of piperidine rings is 1. The number of carbonyl (C=O) groups excluding carboxylic acids is 1. The van der Waals surface area contributed by atoms with Crippen LogP contribution in [-0.4, -0.2) is 34.1 Å². The number of amides is 1. The molecule has 0 saturated carbocycles. The molecule has 1 unspecified atom stereocenters. The third kappa shape index (κ3) is 4.96. The standard InChI is InChI=1S/C29H28F2N4O3/c1-2-25(36)35-14-4-5-19(16-35)22-15-18(10-13-21-26(22)29(37)34-33-28(21)32)17-8-11-20(12-9-17)38-27-23(30)6-3-7-24(27)31/h2-3,6-9,11-12,15,18-19H,1,4-5,10,13-14,16H2,(H2,32,33)(H,34,37)/t18?,19-/m0/s1. The number of nitrogen functional groups attached to an aromatic ring is 1. The molecule has 196 valence electrons. The number of benzene rings is 2. The smallest absolute Gasteiger partial charge is 0.272 e. The number of nitrogens with one attached hydrogen (secondary N) is 1. The zero-order valence-electron chi connectivity index (χ0n) is 20.8. The monoisotopic (exact) mass is 518 g/mol. The van der Waals surface area contributed by atoms with Gasteiger partial charge in [0, 0.05) is 30.5 Å². The van der Waals surface area contributed by atoms with Crippen molar-refractivity contribution in [2.75, 3.05) is 18.8 Å². The Labute approximate surface area is 218 Å². The highest BCUT2D eigenvalue weighted by molar-refractivity contribution is 5.87. The van der Waals surface area contributed by atoms with Crippen molar-refractivity contribution in [1.82, 2.24) is 15.1 Å². The summed E-state index contributed by atoms with van der Waals surface area (Å²) in [4.78, 5) is 27.1. The lowest BCUT2D eigenvalue weighted by atomic mass is 9.83. The summed E-state index contributed by atoms with van der Waals surface area (Å²) in [6.07, 6.45) is 6.26. The van der Waals surface area contributed by atoms with Crippen molar-refractivity contribution in [2.45, 2.75) is 31.6 Å². The summed E-state index contributed by atoms with van der Waals surface area (Å²) in [5, 5.41) is 6.51. The van der Waals surface area contributed by atoms with Crippen molar-refractivity contribution < 1.29 is 18.3 Å². The van der Waals surface area contributed by atoms with Crippen LogP contribution in [0, 0.1) is 17.6 Å². The topological polar surface area (TPSA) is 101 Å². The Kier molecular flexibility index (Phi) is 7.09. The lowest BCUT2D eigenvalue weighted by molar-refractivity contribution is -0.127. The molecule has 1 amide bonds. The number of rotatable bonds is 5. The Balaban J connectivity index is 1.49. The number of anilines is 1. The molecule has 0 radical (unpaired) electrons. The number of hydrogen-bond acceptors (Lipinski definition) is 5. The molecule has 1 aromatic heterocycles. The second-order valence-corrected chi connectivity index (χ2v) is 9.61. The van der Waals surface area contributed by atoms with Crippen molar-refractivity contribution in [3.63, 3.8) is 0 Å². The molecular formula is C29H28F2N4O3. The van der Waals surface area contributed by atoms with Crippen LogP contribution >= 0.6 is 0 Å². The van der Waals surface area contributed by atoms with Gasteiger partial charge in [0.2, 0.25) is 5.91 Å². The van der Waals surface area contributed by atoms with E-state index in [4.69, 9.17) is 10.5 Å². The van der Waals surface area contributed by atoms with E-state index < -0.39 is 17.4 Å². The number of hydrogen-bond donors (Lipinski definition) is 2. The largest absolute Gasteiger partial charge is 0.451 e. The summed E-state index contributed by atoms with van der Waals surface area (Å²) in [5.74, 6) is -1.68. The van der Waals surface area contributed by atoms with E-state index >= 15 is 0 Å². The molecule has 7 nitrogen and oxygen atoms in total. The third-order valence-electron chi connectivity index (χ3n) is 7.29. The van der Waals surface area contributed by atoms with Gasteiger partial charge in [0.25, 0.3) is 5.56 Å². The molecule has 1 aliphatic carbocycles.